The summed E-state index contributed by atoms with van der Waals surface area (Å²) >= 11 is 0. The number of ether oxygens (including phenoxy) is 2. The average Bonchev–Trinajstić information content (AvgIpc) is 3.27. The van der Waals surface area contributed by atoms with Crippen molar-refractivity contribution in [2.24, 2.45) is 0 Å². The molecule has 6 heteroatoms. The Morgan fingerprint density at radius 2 is 1.56 bits per heavy atom. The second-order valence-corrected chi connectivity index (χ2v) is 17.2. The molecule has 3 heterocycles. The minimum Gasteiger partial charge on any atom is -0.464 e. The van der Waals surface area contributed by atoms with E-state index in [9.17, 15) is 4.79 Å². The molecule has 36 heavy (non-hydrogen) atoms. The molecule has 0 bridgehead atoms. The molecule has 3 aromatic rings. The minimum atomic E-state index is -2.23. The molecular formula is C30H38O5Si. The monoisotopic (exact) mass is 506 g/mol. The van der Waals surface area contributed by atoms with Crippen LogP contribution in [0, 0.1) is 0 Å². The fourth-order valence-corrected chi connectivity index (χ4v) is 12.4. The van der Waals surface area contributed by atoms with E-state index in [1.165, 1.54) is 0 Å². The number of rotatable bonds is 6. The number of benzene rings is 2. The summed E-state index contributed by atoms with van der Waals surface area (Å²) in [6.07, 6.45) is -0.701. The second-order valence-electron chi connectivity index (χ2n) is 11.8. The highest BCUT2D eigenvalue weighted by molar-refractivity contribution is 6.77. The third-order valence-corrected chi connectivity index (χ3v) is 14.4. The van der Waals surface area contributed by atoms with E-state index in [1.54, 1.807) is 12.1 Å². The van der Waals surface area contributed by atoms with Crippen LogP contribution in [0.15, 0.2) is 57.7 Å². The predicted octanol–water partition coefficient (Wildman–Crippen LogP) is 7.63. The van der Waals surface area contributed by atoms with Crippen molar-refractivity contribution in [2.45, 2.75) is 95.9 Å². The zero-order valence-electron chi connectivity index (χ0n) is 22.6. The van der Waals surface area contributed by atoms with Gasteiger partial charge in [-0.1, -0.05) is 71.9 Å². The first-order valence-corrected chi connectivity index (χ1v) is 15.3. The molecule has 5 nitrogen and oxygen atoms in total. The van der Waals surface area contributed by atoms with Crippen molar-refractivity contribution in [3.8, 4) is 17.1 Å². The average molecular weight is 507 g/mol. The highest BCUT2D eigenvalue weighted by Crippen LogP contribution is 2.56. The number of fused-ring (bicyclic) bond motifs is 5. The van der Waals surface area contributed by atoms with Crippen molar-refractivity contribution in [1.82, 2.24) is 0 Å². The van der Waals surface area contributed by atoms with Gasteiger partial charge in [-0.15, -0.1) is 0 Å². The largest absolute Gasteiger partial charge is 0.464 e. The number of hydrogen-bond acceptors (Lipinski definition) is 5. The van der Waals surface area contributed by atoms with Crippen LogP contribution >= 0.6 is 0 Å². The molecule has 2 aliphatic heterocycles. The summed E-state index contributed by atoms with van der Waals surface area (Å²) in [5.41, 5.74) is 3.02. The lowest BCUT2D eigenvalue weighted by Crippen LogP contribution is -2.54. The van der Waals surface area contributed by atoms with Gasteiger partial charge in [-0.25, -0.2) is 0 Å². The molecule has 0 saturated carbocycles. The summed E-state index contributed by atoms with van der Waals surface area (Å²) in [5, 5.41) is 0.557. The lowest BCUT2D eigenvalue weighted by atomic mass is 9.87. The van der Waals surface area contributed by atoms with Gasteiger partial charge in [0.15, 0.2) is 5.43 Å². The topological polar surface area (TPSA) is 57.9 Å². The highest BCUT2D eigenvalue weighted by Gasteiger charge is 2.60. The summed E-state index contributed by atoms with van der Waals surface area (Å²) in [5.74, 6) is 1.08. The minimum absolute atomic E-state index is 0.0627. The molecule has 192 valence electrons. The first kappa shape index (κ1) is 25.2. The Labute approximate surface area is 214 Å². The lowest BCUT2D eigenvalue weighted by molar-refractivity contribution is -0.117. The highest BCUT2D eigenvalue weighted by atomic mass is 28.4. The van der Waals surface area contributed by atoms with E-state index >= 15 is 0 Å². The molecule has 5 rings (SSSR count). The molecule has 0 spiro atoms. The van der Waals surface area contributed by atoms with Crippen molar-refractivity contribution < 1.29 is 18.3 Å². The smallest absolute Gasteiger partial charge is 0.210 e. The van der Waals surface area contributed by atoms with Crippen molar-refractivity contribution in [3.63, 3.8) is 0 Å². The molecule has 1 fully saturated rings. The van der Waals surface area contributed by atoms with Gasteiger partial charge in [0.1, 0.15) is 17.1 Å². The van der Waals surface area contributed by atoms with Gasteiger partial charge in [0.05, 0.1) is 23.0 Å². The first-order chi connectivity index (χ1) is 17.0. The molecule has 0 radical (unpaired) electrons. The maximum atomic E-state index is 13.2. The Morgan fingerprint density at radius 3 is 2.17 bits per heavy atom. The van der Waals surface area contributed by atoms with Crippen LogP contribution in [0.1, 0.15) is 66.9 Å². The van der Waals surface area contributed by atoms with Gasteiger partial charge in [-0.3, -0.25) is 4.79 Å². The SMILES string of the molecule is CC(C)[Si](O[C@@H]1[C@@H]2c3c(ccc4c(=O)cc(-c5ccccc5)oc34)O[C@@H]2OC1(C)C)(C(C)C)C(C)C. The zero-order valence-corrected chi connectivity index (χ0v) is 23.6. The molecule has 0 amide bonds. The van der Waals surface area contributed by atoms with Crippen LogP contribution in [0.3, 0.4) is 0 Å². The normalized spacial score (nSPS) is 22.9. The van der Waals surface area contributed by atoms with Crippen molar-refractivity contribution in [2.75, 3.05) is 0 Å². The van der Waals surface area contributed by atoms with Crippen LogP contribution in [0.5, 0.6) is 5.75 Å². The molecule has 0 aliphatic carbocycles. The van der Waals surface area contributed by atoms with Crippen LogP contribution in [0.4, 0.5) is 0 Å². The van der Waals surface area contributed by atoms with Crippen LogP contribution in [0.25, 0.3) is 22.3 Å². The van der Waals surface area contributed by atoms with Gasteiger partial charge in [0.25, 0.3) is 0 Å². The Morgan fingerprint density at radius 1 is 0.917 bits per heavy atom. The molecule has 1 saturated heterocycles. The summed E-state index contributed by atoms with van der Waals surface area (Å²) in [6, 6.07) is 15.0. The molecule has 3 atom stereocenters. The molecule has 1 aromatic heterocycles. The second kappa shape index (κ2) is 8.86. The fraction of sp³-hybridized carbons (Fsp3) is 0.500. The lowest BCUT2D eigenvalue weighted by Gasteiger charge is -2.46. The summed E-state index contributed by atoms with van der Waals surface area (Å²) in [6.45, 7) is 18.0. The predicted molar refractivity (Wildman–Crippen MR) is 146 cm³/mol. The van der Waals surface area contributed by atoms with E-state index in [-0.39, 0.29) is 17.5 Å². The van der Waals surface area contributed by atoms with E-state index in [0.717, 1.165) is 11.1 Å². The van der Waals surface area contributed by atoms with E-state index in [4.69, 9.17) is 18.3 Å². The fourth-order valence-electron chi connectivity index (χ4n) is 6.75. The van der Waals surface area contributed by atoms with E-state index in [2.05, 4.69) is 55.4 Å². The first-order valence-electron chi connectivity index (χ1n) is 13.2. The quantitative estimate of drug-likeness (QED) is 0.322. The molecule has 2 aromatic carbocycles. The van der Waals surface area contributed by atoms with Crippen LogP contribution in [-0.2, 0) is 9.16 Å². The van der Waals surface area contributed by atoms with Crippen molar-refractivity contribution in [1.29, 1.82) is 0 Å². The van der Waals surface area contributed by atoms with Gasteiger partial charge in [-0.2, -0.15) is 0 Å². The summed E-state index contributed by atoms with van der Waals surface area (Å²) in [4.78, 5) is 13.2. The van der Waals surface area contributed by atoms with Gasteiger partial charge in [-0.05, 0) is 42.6 Å². The third kappa shape index (κ3) is 3.77. The van der Waals surface area contributed by atoms with Gasteiger partial charge >= 0.3 is 0 Å². The Hall–Kier alpha value is -2.41. The Bertz CT molecular complexity index is 1300. The molecule has 2 aliphatic rings. The van der Waals surface area contributed by atoms with Crippen LogP contribution < -0.4 is 10.2 Å². The van der Waals surface area contributed by atoms with Crippen LogP contribution in [0.2, 0.25) is 16.6 Å². The van der Waals surface area contributed by atoms with Crippen LogP contribution in [-0.4, -0.2) is 26.3 Å². The standard InChI is InChI=1S/C30H38O5Si/c1-17(2)36(18(3)4,19(5)6)35-28-26-25-23(33-29(26)34-30(28,7)8)15-14-21-22(31)16-24(32-27(21)25)20-12-10-9-11-13-20/h9-19,26,28-29H,1-8H3/t26-,28+,29+/m0/s1. The number of hydrogen-bond donors (Lipinski definition) is 0. The van der Waals surface area contributed by atoms with Crippen molar-refractivity contribution in [3.05, 3.63) is 64.3 Å². The van der Waals surface area contributed by atoms with Gasteiger partial charge < -0.3 is 18.3 Å². The Balaban J connectivity index is 1.69. The molecule has 0 N–H and O–H groups in total. The maximum Gasteiger partial charge on any atom is 0.210 e. The molecule has 0 unspecified atom stereocenters. The molecular weight excluding hydrogens is 468 g/mol. The Kier molecular flexibility index (Phi) is 6.21. The van der Waals surface area contributed by atoms with Gasteiger partial charge in [0.2, 0.25) is 14.6 Å². The van der Waals surface area contributed by atoms with E-state index < -0.39 is 20.2 Å². The third-order valence-electron chi connectivity index (χ3n) is 8.29. The van der Waals surface area contributed by atoms with E-state index in [0.29, 0.717) is 39.1 Å². The summed E-state index contributed by atoms with van der Waals surface area (Å²) in [7, 11) is -2.23. The van der Waals surface area contributed by atoms with Crippen molar-refractivity contribution >= 4 is 19.3 Å². The summed E-state index contributed by atoms with van der Waals surface area (Å²) < 4.78 is 26.7. The zero-order chi connectivity index (χ0) is 26.0. The maximum absolute atomic E-state index is 13.2. The van der Waals surface area contributed by atoms with E-state index in [1.807, 2.05) is 36.4 Å². The van der Waals surface area contributed by atoms with Gasteiger partial charge in [0, 0.05) is 17.2 Å².